The molecule has 0 saturated carbocycles. The number of hydrogen-bond donors (Lipinski definition) is 2. The molecule has 2 N–H and O–H groups in total. The van der Waals surface area contributed by atoms with Crippen LogP contribution in [0.4, 0.5) is 0 Å². The van der Waals surface area contributed by atoms with E-state index >= 15 is 0 Å². The molecule has 2 amide bonds. The van der Waals surface area contributed by atoms with Gasteiger partial charge in [-0.15, -0.1) is 0 Å². The smallest absolute Gasteiger partial charge is 0.251 e. The second-order valence-electron chi connectivity index (χ2n) is 6.48. The zero-order valence-corrected chi connectivity index (χ0v) is 14.7. The maximum Gasteiger partial charge on any atom is 0.251 e. The fourth-order valence-electron chi connectivity index (χ4n) is 3.43. The molecule has 2 aliphatic heterocycles. The Bertz CT molecular complexity index is 599. The Kier molecular flexibility index (Phi) is 5.88. The van der Waals surface area contributed by atoms with Crippen LogP contribution in [-0.2, 0) is 4.79 Å². The summed E-state index contributed by atoms with van der Waals surface area (Å²) in [6.45, 7) is 5.69. The van der Waals surface area contributed by atoms with Crippen LogP contribution in [-0.4, -0.2) is 80.6 Å². The molecular weight excluding hydrogens is 320 g/mol. The van der Waals surface area contributed by atoms with E-state index in [4.69, 9.17) is 4.74 Å². The van der Waals surface area contributed by atoms with Gasteiger partial charge in [-0.2, -0.15) is 0 Å². The fourth-order valence-corrected chi connectivity index (χ4v) is 3.43. The molecule has 25 heavy (non-hydrogen) atoms. The van der Waals surface area contributed by atoms with E-state index < -0.39 is 0 Å². The number of hydrogen-bond acceptors (Lipinski definition) is 5. The van der Waals surface area contributed by atoms with Crippen LogP contribution in [0.3, 0.4) is 0 Å². The van der Waals surface area contributed by atoms with E-state index in [-0.39, 0.29) is 18.4 Å². The molecule has 2 aliphatic rings. The lowest BCUT2D eigenvalue weighted by Gasteiger charge is -2.32. The van der Waals surface area contributed by atoms with E-state index in [2.05, 4.69) is 15.5 Å². The lowest BCUT2D eigenvalue weighted by molar-refractivity contribution is -0.129. The van der Waals surface area contributed by atoms with Gasteiger partial charge in [0.25, 0.3) is 5.91 Å². The minimum absolute atomic E-state index is 0.0144. The number of likely N-dealkylation sites (tertiary alicyclic amines) is 1. The molecule has 0 spiro atoms. The SMILES string of the molecule is COc1ccc(C(=O)NCC(=O)N2CCC(N3CCNCC3)C2)cc1. The Morgan fingerprint density at radius 2 is 1.92 bits per heavy atom. The highest BCUT2D eigenvalue weighted by molar-refractivity contribution is 5.96. The summed E-state index contributed by atoms with van der Waals surface area (Å²) in [6, 6.07) is 7.29. The van der Waals surface area contributed by atoms with Crippen molar-refractivity contribution in [1.29, 1.82) is 0 Å². The topological polar surface area (TPSA) is 73.9 Å². The van der Waals surface area contributed by atoms with Crippen LogP contribution >= 0.6 is 0 Å². The Labute approximate surface area is 148 Å². The summed E-state index contributed by atoms with van der Waals surface area (Å²) in [7, 11) is 1.58. The molecule has 7 nitrogen and oxygen atoms in total. The van der Waals surface area contributed by atoms with Crippen LogP contribution in [0, 0.1) is 0 Å². The van der Waals surface area contributed by atoms with Gasteiger partial charge in [-0.3, -0.25) is 14.5 Å². The van der Waals surface area contributed by atoms with Gasteiger partial charge >= 0.3 is 0 Å². The molecule has 2 heterocycles. The number of nitrogens with zero attached hydrogens (tertiary/aromatic N) is 2. The number of ether oxygens (including phenoxy) is 1. The highest BCUT2D eigenvalue weighted by Crippen LogP contribution is 2.16. The predicted octanol–water partition coefficient (Wildman–Crippen LogP) is -0.0689. The van der Waals surface area contributed by atoms with Gasteiger partial charge in [-0.05, 0) is 30.7 Å². The van der Waals surface area contributed by atoms with Crippen molar-refractivity contribution in [2.75, 3.05) is 52.9 Å². The first-order chi connectivity index (χ1) is 12.2. The minimum Gasteiger partial charge on any atom is -0.497 e. The summed E-state index contributed by atoms with van der Waals surface area (Å²) in [6.07, 6.45) is 1.01. The Hall–Kier alpha value is -2.12. The van der Waals surface area contributed by atoms with Crippen molar-refractivity contribution in [2.45, 2.75) is 12.5 Å². The fraction of sp³-hybridized carbons (Fsp3) is 0.556. The average Bonchev–Trinajstić information content (AvgIpc) is 3.17. The molecule has 0 aromatic heterocycles. The summed E-state index contributed by atoms with van der Waals surface area (Å²) < 4.78 is 5.07. The zero-order chi connectivity index (χ0) is 17.6. The largest absolute Gasteiger partial charge is 0.497 e. The molecule has 7 heteroatoms. The summed E-state index contributed by atoms with van der Waals surface area (Å²) in [5.74, 6) is 0.442. The van der Waals surface area contributed by atoms with Crippen molar-refractivity contribution >= 4 is 11.8 Å². The van der Waals surface area contributed by atoms with E-state index in [1.807, 2.05) is 4.90 Å². The lowest BCUT2D eigenvalue weighted by Crippen LogP contribution is -2.49. The summed E-state index contributed by atoms with van der Waals surface area (Å²) in [5.41, 5.74) is 0.522. The molecule has 2 fully saturated rings. The highest BCUT2D eigenvalue weighted by Gasteiger charge is 2.30. The van der Waals surface area contributed by atoms with Crippen LogP contribution in [0.2, 0.25) is 0 Å². The third kappa shape index (κ3) is 4.49. The van der Waals surface area contributed by atoms with Gasteiger partial charge in [0.2, 0.25) is 5.91 Å². The van der Waals surface area contributed by atoms with Crippen molar-refractivity contribution in [3.63, 3.8) is 0 Å². The third-order valence-corrected chi connectivity index (χ3v) is 4.94. The van der Waals surface area contributed by atoms with E-state index in [9.17, 15) is 9.59 Å². The Morgan fingerprint density at radius 3 is 2.60 bits per heavy atom. The molecule has 3 rings (SSSR count). The van der Waals surface area contributed by atoms with Crippen LogP contribution < -0.4 is 15.4 Å². The van der Waals surface area contributed by atoms with Crippen LogP contribution in [0.25, 0.3) is 0 Å². The number of amides is 2. The van der Waals surface area contributed by atoms with Crippen molar-refractivity contribution in [1.82, 2.24) is 20.4 Å². The van der Waals surface area contributed by atoms with Crippen molar-refractivity contribution in [3.8, 4) is 5.75 Å². The molecule has 136 valence electrons. The average molecular weight is 346 g/mol. The van der Waals surface area contributed by atoms with E-state index in [0.29, 0.717) is 17.4 Å². The van der Waals surface area contributed by atoms with Gasteiger partial charge in [0.15, 0.2) is 0 Å². The number of methoxy groups -OCH3 is 1. The van der Waals surface area contributed by atoms with Crippen LogP contribution in [0.5, 0.6) is 5.75 Å². The van der Waals surface area contributed by atoms with Crippen LogP contribution in [0.1, 0.15) is 16.8 Å². The molecule has 0 radical (unpaired) electrons. The van der Waals surface area contributed by atoms with Crippen molar-refractivity contribution < 1.29 is 14.3 Å². The second kappa shape index (κ2) is 8.31. The van der Waals surface area contributed by atoms with Crippen molar-refractivity contribution in [3.05, 3.63) is 29.8 Å². The molecule has 2 saturated heterocycles. The number of benzene rings is 1. The van der Waals surface area contributed by atoms with Gasteiger partial charge in [-0.25, -0.2) is 0 Å². The Balaban J connectivity index is 1.45. The van der Waals surface area contributed by atoms with E-state index in [1.165, 1.54) is 0 Å². The second-order valence-corrected chi connectivity index (χ2v) is 6.48. The first kappa shape index (κ1) is 17.7. The monoisotopic (exact) mass is 346 g/mol. The molecule has 1 aromatic rings. The standard InChI is InChI=1S/C18H26N4O3/c1-25-16-4-2-14(3-5-16)18(24)20-12-17(23)22-9-6-15(13-22)21-10-7-19-8-11-21/h2-5,15,19H,6-13H2,1H3,(H,20,24). The normalized spacial score (nSPS) is 21.2. The third-order valence-electron chi connectivity index (χ3n) is 4.94. The number of rotatable bonds is 5. The first-order valence-corrected chi connectivity index (χ1v) is 8.82. The van der Waals surface area contributed by atoms with Gasteiger partial charge < -0.3 is 20.3 Å². The predicted molar refractivity (Wildman–Crippen MR) is 94.8 cm³/mol. The first-order valence-electron chi connectivity index (χ1n) is 8.82. The number of carbonyl (C=O) groups excluding carboxylic acids is 2. The maximum absolute atomic E-state index is 12.4. The molecule has 0 bridgehead atoms. The number of carbonyl (C=O) groups is 2. The summed E-state index contributed by atoms with van der Waals surface area (Å²) in [5, 5.41) is 6.06. The Morgan fingerprint density at radius 1 is 1.20 bits per heavy atom. The summed E-state index contributed by atoms with van der Waals surface area (Å²) in [4.78, 5) is 28.8. The molecular formula is C18H26N4O3. The van der Waals surface area contributed by atoms with E-state index in [1.54, 1.807) is 31.4 Å². The minimum atomic E-state index is -0.242. The quantitative estimate of drug-likeness (QED) is 0.781. The highest BCUT2D eigenvalue weighted by atomic mass is 16.5. The van der Waals surface area contributed by atoms with Gasteiger partial charge in [-0.1, -0.05) is 0 Å². The molecule has 1 unspecified atom stereocenters. The number of piperazine rings is 1. The van der Waals surface area contributed by atoms with Gasteiger partial charge in [0.1, 0.15) is 5.75 Å². The molecule has 1 atom stereocenters. The molecule has 0 aliphatic carbocycles. The van der Waals surface area contributed by atoms with Gasteiger partial charge in [0, 0.05) is 50.9 Å². The van der Waals surface area contributed by atoms with Crippen molar-refractivity contribution in [2.24, 2.45) is 0 Å². The van der Waals surface area contributed by atoms with Crippen LogP contribution in [0.15, 0.2) is 24.3 Å². The number of nitrogens with one attached hydrogen (secondary N) is 2. The van der Waals surface area contributed by atoms with E-state index in [0.717, 1.165) is 45.7 Å². The lowest BCUT2D eigenvalue weighted by atomic mass is 10.2. The molecule has 1 aromatic carbocycles. The summed E-state index contributed by atoms with van der Waals surface area (Å²) >= 11 is 0. The van der Waals surface area contributed by atoms with Gasteiger partial charge in [0.05, 0.1) is 13.7 Å². The maximum atomic E-state index is 12.4. The zero-order valence-electron chi connectivity index (χ0n) is 14.7.